The molecule has 2 heterocycles. The largest absolute Gasteiger partial charge is 0.437 e. The van der Waals surface area contributed by atoms with Crippen molar-refractivity contribution in [1.29, 1.82) is 0 Å². The first-order valence-electron chi connectivity index (χ1n) is 21.0. The Labute approximate surface area is 382 Å². The summed E-state index contributed by atoms with van der Waals surface area (Å²) < 4.78 is 25.7. The van der Waals surface area contributed by atoms with Gasteiger partial charge in [0, 0.05) is 13.1 Å². The lowest BCUT2D eigenvalue weighted by Gasteiger charge is -2.38. The van der Waals surface area contributed by atoms with Gasteiger partial charge in [0.05, 0.1) is 0 Å². The Bertz CT molecular complexity index is 1630. The molecule has 0 atom stereocenters. The zero-order chi connectivity index (χ0) is 47.3. The molecule has 14 nitrogen and oxygen atoms in total. The molecule has 22 heteroatoms. The van der Waals surface area contributed by atoms with Gasteiger partial charge in [-0.1, -0.05) is 19.1 Å². The van der Waals surface area contributed by atoms with Crippen LogP contribution >= 0.6 is 23.2 Å². The van der Waals surface area contributed by atoms with Gasteiger partial charge in [0.2, 0.25) is 0 Å². The normalized spacial score (nSPS) is 12.4. The van der Waals surface area contributed by atoms with Crippen molar-refractivity contribution in [3.63, 3.8) is 0 Å². The molecule has 6 N–H and O–H groups in total. The number of nitrogens with zero attached hydrogens (tertiary/aromatic N) is 2. The molecule has 0 aliphatic heterocycles. The average molecular weight is 996 g/mol. The van der Waals surface area contributed by atoms with Crippen LogP contribution in [0.1, 0.15) is 74.6 Å². The molecule has 2 rings (SSSR count). The van der Waals surface area contributed by atoms with Crippen molar-refractivity contribution in [3.8, 4) is 0 Å². The highest BCUT2D eigenvalue weighted by Crippen LogP contribution is 2.26. The summed E-state index contributed by atoms with van der Waals surface area (Å²) in [5, 5.41) is 4.25. The highest BCUT2D eigenvalue weighted by Gasteiger charge is 2.39. The van der Waals surface area contributed by atoms with Crippen LogP contribution < -0.4 is 22.1 Å². The summed E-state index contributed by atoms with van der Waals surface area (Å²) in [6, 6.07) is 12.4. The number of halogens is 2. The third-order valence-corrected chi connectivity index (χ3v) is 30.2. The first-order valence-corrected chi connectivity index (χ1v) is 40.1. The Morgan fingerprint density at radius 2 is 0.869 bits per heavy atom. The van der Waals surface area contributed by atoms with Gasteiger partial charge in [-0.15, -0.1) is 0 Å². The topological polar surface area (TPSA) is 207 Å². The van der Waals surface area contributed by atoms with E-state index in [1.165, 1.54) is 18.2 Å². The molecule has 348 valence electrons. The van der Waals surface area contributed by atoms with E-state index >= 15 is 0 Å². The van der Waals surface area contributed by atoms with Crippen molar-refractivity contribution in [2.24, 2.45) is 11.5 Å². The van der Waals surface area contributed by atoms with Crippen LogP contribution in [0.5, 0.6) is 0 Å². The first-order chi connectivity index (χ1) is 27.9. The number of carbonyl (C=O) groups is 4. The molecule has 2 amide bonds. The van der Waals surface area contributed by atoms with E-state index in [1.807, 2.05) is 6.92 Å². The molecule has 0 aliphatic rings. The molecule has 2 aromatic heterocycles. The second kappa shape index (κ2) is 27.5. The van der Waals surface area contributed by atoms with Crippen LogP contribution in [0, 0.1) is 0 Å². The zero-order valence-electron chi connectivity index (χ0n) is 39.3. The average Bonchev–Trinajstić information content (AvgIpc) is 3.12. The molecule has 0 spiro atoms. The zero-order valence-corrected chi connectivity index (χ0v) is 46.8. The van der Waals surface area contributed by atoms with Crippen molar-refractivity contribution in [1.82, 2.24) is 20.6 Å². The van der Waals surface area contributed by atoms with Gasteiger partial charge < -0.3 is 38.6 Å². The molecule has 0 saturated carbocycles. The Balaban J connectivity index is 0.000000985. The summed E-state index contributed by atoms with van der Waals surface area (Å²) in [7, 11) is -11.0. The minimum atomic E-state index is -2.15. The maximum atomic E-state index is 12.4. The standard InChI is InChI=1S/C20H39N3O4Si3.C12H34N2O2Si3.C7H3Cl2NO2/c1-9-14-21-19(24)17-12-10-13-18(23-17)20(25)22-15-11-16-29(5,6)27-30(7,8)26-28(2,3)4;1-17(2,11-7-9-13)15-19(5,6)16-18(3,4)12-8-10-14;8-6(11)4-2-1-3-5(10-4)7(9)12/h10,12-13H,9,11,14-16H2,1-8H3,(H,21,24)(H,22,25);7-14H2,1-6H3;1-3H. The van der Waals surface area contributed by atoms with E-state index in [0.717, 1.165) is 56.9 Å². The fourth-order valence-electron chi connectivity index (χ4n) is 6.46. The summed E-state index contributed by atoms with van der Waals surface area (Å²) >= 11 is 10.2. The van der Waals surface area contributed by atoms with Crippen LogP contribution in [-0.2, 0) is 16.5 Å². The Morgan fingerprint density at radius 1 is 0.541 bits per heavy atom. The number of nitrogens with one attached hydrogen (secondary N) is 2. The highest BCUT2D eigenvalue weighted by molar-refractivity contribution is 6.88. The minimum absolute atomic E-state index is 0.0168. The van der Waals surface area contributed by atoms with E-state index in [4.69, 9.17) is 51.1 Å². The van der Waals surface area contributed by atoms with Crippen LogP contribution in [0.15, 0.2) is 36.4 Å². The number of carbonyl (C=O) groups excluding carboxylic acids is 4. The van der Waals surface area contributed by atoms with Crippen molar-refractivity contribution >= 4 is 95.9 Å². The lowest BCUT2D eigenvalue weighted by molar-refractivity contribution is 0.0942. The molecular weight excluding hydrogens is 920 g/mol. The predicted molar refractivity (Wildman–Crippen MR) is 265 cm³/mol. The molecule has 0 bridgehead atoms. The van der Waals surface area contributed by atoms with Crippen LogP contribution in [0.4, 0.5) is 0 Å². The summed E-state index contributed by atoms with van der Waals surface area (Å²) in [6.45, 7) is 33.3. The van der Waals surface area contributed by atoms with E-state index in [-0.39, 0.29) is 34.6 Å². The molecule has 0 radical (unpaired) electrons. The summed E-state index contributed by atoms with van der Waals surface area (Å²) in [5.74, 6) is -0.527. The second-order valence-corrected chi connectivity index (χ2v) is 44.2. The van der Waals surface area contributed by atoms with Crippen LogP contribution in [0.25, 0.3) is 0 Å². The fourth-order valence-corrected chi connectivity index (χ4v) is 34.0. The summed E-state index contributed by atoms with van der Waals surface area (Å²) in [6.07, 6.45) is 3.79. The number of nitrogens with two attached hydrogens (primary N) is 2. The number of aromatic nitrogens is 2. The van der Waals surface area contributed by atoms with Crippen LogP contribution in [0.2, 0.25) is 103 Å². The van der Waals surface area contributed by atoms with E-state index in [2.05, 4.69) is 106 Å². The number of pyridine rings is 2. The molecule has 2 aromatic rings. The van der Waals surface area contributed by atoms with Crippen molar-refractivity contribution in [3.05, 3.63) is 59.2 Å². The molecule has 0 unspecified atom stereocenters. The van der Waals surface area contributed by atoms with E-state index in [0.29, 0.717) is 13.1 Å². The van der Waals surface area contributed by atoms with Gasteiger partial charge in [0.25, 0.3) is 22.3 Å². The molecule has 0 aromatic carbocycles. The Hall–Kier alpha value is -1.78. The van der Waals surface area contributed by atoms with Crippen LogP contribution in [-0.4, -0.2) is 109 Å². The number of hydrogen-bond acceptors (Lipinski definition) is 12. The molecule has 61 heavy (non-hydrogen) atoms. The van der Waals surface area contributed by atoms with Gasteiger partial charge in [0.15, 0.2) is 33.3 Å². The minimum Gasteiger partial charge on any atom is -0.437 e. The lowest BCUT2D eigenvalue weighted by Crippen LogP contribution is -2.52. The lowest BCUT2D eigenvalue weighted by atomic mass is 10.2. The van der Waals surface area contributed by atoms with Gasteiger partial charge >= 0.3 is 17.1 Å². The van der Waals surface area contributed by atoms with Gasteiger partial charge in [-0.3, -0.25) is 19.2 Å². The number of amides is 2. The molecule has 0 fully saturated rings. The highest BCUT2D eigenvalue weighted by atomic mass is 35.5. The van der Waals surface area contributed by atoms with Gasteiger partial charge in [-0.05, 0) is 189 Å². The van der Waals surface area contributed by atoms with E-state index in [9.17, 15) is 19.2 Å². The van der Waals surface area contributed by atoms with Gasteiger partial charge in [-0.2, -0.15) is 0 Å². The summed E-state index contributed by atoms with van der Waals surface area (Å²) in [4.78, 5) is 53.4. The van der Waals surface area contributed by atoms with Crippen LogP contribution in [0.3, 0.4) is 0 Å². The quantitative estimate of drug-likeness (QED) is 0.0442. The van der Waals surface area contributed by atoms with E-state index < -0.39 is 60.9 Å². The maximum Gasteiger partial charge on any atom is 0.311 e. The van der Waals surface area contributed by atoms with Crippen molar-refractivity contribution < 1.29 is 35.6 Å². The van der Waals surface area contributed by atoms with Gasteiger partial charge in [0.1, 0.15) is 22.8 Å². The maximum absolute atomic E-state index is 12.4. The Kier molecular flexibility index (Phi) is 26.7. The second-order valence-electron chi connectivity index (χ2n) is 18.4. The van der Waals surface area contributed by atoms with E-state index in [1.54, 1.807) is 18.2 Å². The molecule has 0 saturated heterocycles. The monoisotopic (exact) mass is 994 g/mol. The number of rotatable bonds is 24. The molecule has 0 aliphatic carbocycles. The Morgan fingerprint density at radius 3 is 1.21 bits per heavy atom. The first kappa shape index (κ1) is 59.2. The third-order valence-electron chi connectivity index (χ3n) is 8.23. The summed E-state index contributed by atoms with van der Waals surface area (Å²) in [5.41, 5.74) is 11.7. The smallest absolute Gasteiger partial charge is 0.311 e. The number of hydrogen-bond donors (Lipinski definition) is 4. The van der Waals surface area contributed by atoms with Gasteiger partial charge in [-0.25, -0.2) is 9.97 Å². The van der Waals surface area contributed by atoms with Crippen molar-refractivity contribution in [2.45, 2.75) is 136 Å². The molecular formula is C39H76Cl2N6O8Si6. The van der Waals surface area contributed by atoms with Crippen molar-refractivity contribution in [2.75, 3.05) is 26.2 Å². The SMILES string of the molecule is CCCNC(=O)c1cccc(C(=O)NCCC[Si](C)(C)O[Si](C)(C)O[Si](C)(C)C)n1.C[Si](C)(CCCN)O[Si](C)(C)O[Si](C)(C)CCCN.O=C(Cl)c1cccc(C(=O)Cl)n1. The third kappa shape index (κ3) is 28.6. The fraction of sp³-hybridized carbons (Fsp3) is 0.641. The predicted octanol–water partition coefficient (Wildman–Crippen LogP) is 8.79.